The summed E-state index contributed by atoms with van der Waals surface area (Å²) in [6, 6.07) is 11.0. The maximum Gasteiger partial charge on any atom is 0.230 e. The molecule has 3 N–H and O–H groups in total. The second-order valence-electron chi connectivity index (χ2n) is 6.67. The van der Waals surface area contributed by atoms with Gasteiger partial charge in [0, 0.05) is 5.69 Å². The molecule has 4 aromatic rings. The van der Waals surface area contributed by atoms with Gasteiger partial charge in [-0.1, -0.05) is 23.9 Å². The van der Waals surface area contributed by atoms with Gasteiger partial charge in [-0.2, -0.15) is 5.10 Å². The Morgan fingerprint density at radius 1 is 1.32 bits per heavy atom. The molecule has 3 aromatic heterocycles. The average Bonchev–Trinajstić information content (AvgIpc) is 3.42. The van der Waals surface area contributed by atoms with E-state index in [0.717, 1.165) is 5.69 Å². The number of carbonyl (C=O) groups excluding carboxylic acids is 1. The van der Waals surface area contributed by atoms with Gasteiger partial charge < -0.3 is 14.5 Å². The molecule has 0 aliphatic carbocycles. The van der Waals surface area contributed by atoms with Crippen LogP contribution in [0.1, 0.15) is 18.4 Å². The molecule has 1 aromatic carbocycles. The minimum absolute atomic E-state index is 0.124. The fraction of sp³-hybridized carbons (Fsp3) is 0.238. The molecule has 0 spiro atoms. The number of nitrogens with zero attached hydrogens (tertiary/aromatic N) is 3. The number of benzene rings is 1. The minimum atomic E-state index is -0.169. The molecule has 0 saturated carbocycles. The van der Waals surface area contributed by atoms with Gasteiger partial charge in [0.1, 0.15) is 17.0 Å². The highest BCUT2D eigenvalue weighted by molar-refractivity contribution is 7.99. The number of hydrogen-bond donors (Lipinski definition) is 3. The molecule has 0 bridgehead atoms. The molecule has 3 heterocycles. The highest BCUT2D eigenvalue weighted by Gasteiger charge is 2.18. The Morgan fingerprint density at radius 3 is 2.94 bits per heavy atom. The summed E-state index contributed by atoms with van der Waals surface area (Å²) in [5.74, 6) is 1.27. The van der Waals surface area contributed by atoms with Crippen LogP contribution < -0.4 is 15.5 Å². The van der Waals surface area contributed by atoms with Crippen LogP contribution in [0.2, 0.25) is 0 Å². The number of carbonyl (C=O) groups is 1. The van der Waals surface area contributed by atoms with Gasteiger partial charge in [-0.15, -0.1) is 0 Å². The van der Waals surface area contributed by atoms with Crippen molar-refractivity contribution >= 4 is 28.7 Å². The van der Waals surface area contributed by atoms with E-state index >= 15 is 0 Å². The van der Waals surface area contributed by atoms with Crippen molar-refractivity contribution in [3.63, 3.8) is 0 Å². The summed E-state index contributed by atoms with van der Waals surface area (Å²) in [4.78, 5) is 17.0. The van der Waals surface area contributed by atoms with Gasteiger partial charge in [0.15, 0.2) is 10.8 Å². The van der Waals surface area contributed by atoms with Crippen molar-refractivity contribution in [2.75, 3.05) is 12.4 Å². The largest absolute Gasteiger partial charge is 0.492 e. The summed E-state index contributed by atoms with van der Waals surface area (Å²) in [7, 11) is 0. The van der Waals surface area contributed by atoms with Crippen LogP contribution in [0.4, 0.5) is 0 Å². The Labute approximate surface area is 182 Å². The third-order valence-electron chi connectivity index (χ3n) is 4.56. The Balaban J connectivity index is 1.68. The fourth-order valence-electron chi connectivity index (χ4n) is 3.15. The molecule has 0 unspecified atom stereocenters. The summed E-state index contributed by atoms with van der Waals surface area (Å²) >= 11 is 1.23. The first-order chi connectivity index (χ1) is 15.1. The number of aromatic amines is 1. The summed E-state index contributed by atoms with van der Waals surface area (Å²) in [5.41, 5.74) is 2.10. The van der Waals surface area contributed by atoms with Crippen LogP contribution in [0, 0.1) is 12.3 Å². The highest BCUT2D eigenvalue weighted by Crippen LogP contribution is 2.27. The number of aromatic nitrogens is 4. The maximum atomic E-state index is 12.4. The molecule has 10 heteroatoms. The van der Waals surface area contributed by atoms with Crippen molar-refractivity contribution in [1.29, 1.82) is 5.41 Å². The Hall–Kier alpha value is -3.53. The Kier molecular flexibility index (Phi) is 6.08. The molecular formula is C21H22N6O3S. The number of H-pyrrole nitrogens is 1. The topological polar surface area (TPSA) is 122 Å². The van der Waals surface area contributed by atoms with E-state index in [9.17, 15) is 4.79 Å². The SMILES string of the molecule is CCOc1ccccc1-n1c(SCC(=O)NCc2ccco2)nc2n[nH]c(C)c2c1=N. The van der Waals surface area contributed by atoms with Gasteiger partial charge in [0.2, 0.25) is 5.91 Å². The van der Waals surface area contributed by atoms with Crippen molar-refractivity contribution in [3.05, 3.63) is 59.6 Å². The van der Waals surface area contributed by atoms with Crippen LogP contribution in [-0.4, -0.2) is 38.0 Å². The lowest BCUT2D eigenvalue weighted by Gasteiger charge is -2.16. The molecule has 0 aliphatic heterocycles. The van der Waals surface area contributed by atoms with Gasteiger partial charge in [0.05, 0.1) is 36.2 Å². The predicted octanol–water partition coefficient (Wildman–Crippen LogP) is 2.94. The molecule has 4 rings (SSSR count). The highest BCUT2D eigenvalue weighted by atomic mass is 32.2. The van der Waals surface area contributed by atoms with Crippen molar-refractivity contribution in [1.82, 2.24) is 25.1 Å². The summed E-state index contributed by atoms with van der Waals surface area (Å²) in [6.07, 6.45) is 1.57. The summed E-state index contributed by atoms with van der Waals surface area (Å²) in [5, 5.41) is 19.9. The van der Waals surface area contributed by atoms with E-state index in [-0.39, 0.29) is 17.1 Å². The first-order valence-corrected chi connectivity index (χ1v) is 10.7. The number of thioether (sulfide) groups is 1. The van der Waals surface area contributed by atoms with Crippen molar-refractivity contribution in [2.45, 2.75) is 25.5 Å². The fourth-order valence-corrected chi connectivity index (χ4v) is 3.98. The van der Waals surface area contributed by atoms with E-state index in [4.69, 9.17) is 14.6 Å². The zero-order valence-corrected chi connectivity index (χ0v) is 18.0. The monoisotopic (exact) mass is 438 g/mol. The van der Waals surface area contributed by atoms with E-state index in [1.165, 1.54) is 11.8 Å². The number of para-hydroxylation sites is 2. The number of rotatable bonds is 8. The molecule has 0 radical (unpaired) electrons. The van der Waals surface area contributed by atoms with E-state index in [0.29, 0.717) is 46.5 Å². The third-order valence-corrected chi connectivity index (χ3v) is 5.50. The predicted molar refractivity (Wildman–Crippen MR) is 116 cm³/mol. The summed E-state index contributed by atoms with van der Waals surface area (Å²) < 4.78 is 12.7. The smallest absolute Gasteiger partial charge is 0.230 e. The first kappa shape index (κ1) is 20.7. The van der Waals surface area contributed by atoms with Gasteiger partial charge in [-0.05, 0) is 38.1 Å². The third kappa shape index (κ3) is 4.33. The molecule has 0 atom stereocenters. The van der Waals surface area contributed by atoms with Crippen LogP contribution in [0.5, 0.6) is 5.75 Å². The van der Waals surface area contributed by atoms with Crippen LogP contribution >= 0.6 is 11.8 Å². The van der Waals surface area contributed by atoms with Gasteiger partial charge in [-0.25, -0.2) is 4.98 Å². The van der Waals surface area contributed by atoms with E-state index < -0.39 is 0 Å². The van der Waals surface area contributed by atoms with Gasteiger partial charge in [0.25, 0.3) is 0 Å². The number of ether oxygens (including phenoxy) is 1. The molecule has 0 aliphatic rings. The second-order valence-corrected chi connectivity index (χ2v) is 7.61. The zero-order valence-electron chi connectivity index (χ0n) is 17.1. The standard InChI is InChI=1S/C21H22N6O3S/c1-3-29-16-9-5-4-8-15(16)27-19(22)18-13(2)25-26-20(18)24-21(27)31-12-17(28)23-11-14-7-6-10-30-14/h4-10,22H,3,11-12H2,1-2H3,(H,23,28)(H,25,26). The normalized spacial score (nSPS) is 11.0. The van der Waals surface area contributed by atoms with E-state index in [1.807, 2.05) is 38.1 Å². The summed E-state index contributed by atoms with van der Waals surface area (Å²) in [6.45, 7) is 4.56. The van der Waals surface area contributed by atoms with Crippen molar-refractivity contribution in [2.24, 2.45) is 0 Å². The lowest BCUT2D eigenvalue weighted by atomic mass is 10.2. The lowest BCUT2D eigenvalue weighted by molar-refractivity contribution is -0.118. The molecule has 1 amide bonds. The van der Waals surface area contributed by atoms with E-state index in [1.54, 1.807) is 23.0 Å². The quantitative estimate of drug-likeness (QED) is 0.287. The van der Waals surface area contributed by atoms with Crippen LogP contribution in [0.3, 0.4) is 0 Å². The first-order valence-electron chi connectivity index (χ1n) is 9.75. The number of aryl methyl sites for hydroxylation is 1. The van der Waals surface area contributed by atoms with Crippen LogP contribution in [0.25, 0.3) is 16.7 Å². The molecule has 9 nitrogen and oxygen atoms in total. The van der Waals surface area contributed by atoms with Gasteiger partial charge in [-0.3, -0.25) is 19.9 Å². The van der Waals surface area contributed by atoms with Crippen molar-refractivity contribution < 1.29 is 13.9 Å². The van der Waals surface area contributed by atoms with Crippen LogP contribution in [0.15, 0.2) is 52.2 Å². The minimum Gasteiger partial charge on any atom is -0.492 e. The number of amides is 1. The Bertz CT molecular complexity index is 1260. The van der Waals surface area contributed by atoms with Crippen LogP contribution in [-0.2, 0) is 11.3 Å². The molecule has 0 fully saturated rings. The second kappa shape index (κ2) is 9.09. The zero-order chi connectivity index (χ0) is 21.8. The molecule has 160 valence electrons. The number of nitrogens with one attached hydrogen (secondary N) is 3. The maximum absolute atomic E-state index is 12.4. The van der Waals surface area contributed by atoms with Gasteiger partial charge >= 0.3 is 0 Å². The van der Waals surface area contributed by atoms with E-state index in [2.05, 4.69) is 20.5 Å². The molecule has 31 heavy (non-hydrogen) atoms. The number of hydrogen-bond acceptors (Lipinski definition) is 7. The number of fused-ring (bicyclic) bond motifs is 1. The van der Waals surface area contributed by atoms with Crippen molar-refractivity contribution in [3.8, 4) is 11.4 Å². The number of furan rings is 1. The molecule has 0 saturated heterocycles. The Morgan fingerprint density at radius 2 is 2.16 bits per heavy atom. The molecular weight excluding hydrogens is 416 g/mol. The average molecular weight is 439 g/mol. The lowest BCUT2D eigenvalue weighted by Crippen LogP contribution is -2.26.